The third-order valence-corrected chi connectivity index (χ3v) is 3.48. The minimum atomic E-state index is -0.256. The third-order valence-electron chi connectivity index (χ3n) is 3.26. The van der Waals surface area contributed by atoms with Crippen molar-refractivity contribution in [2.24, 2.45) is 0 Å². The molecule has 1 saturated heterocycles. The molecule has 94 valence electrons. The predicted molar refractivity (Wildman–Crippen MR) is 68.8 cm³/mol. The zero-order chi connectivity index (χ0) is 12.3. The van der Waals surface area contributed by atoms with Gasteiger partial charge >= 0.3 is 0 Å². The number of likely N-dealkylation sites (N-methyl/N-ethyl adjacent to an activating group) is 1. The van der Waals surface area contributed by atoms with E-state index in [9.17, 15) is 4.39 Å². The molecule has 0 radical (unpaired) electrons. The molecule has 4 heteroatoms. The Kier molecular flexibility index (Phi) is 4.37. The predicted octanol–water partition coefficient (Wildman–Crippen LogP) is 2.66. The molecule has 1 aromatic rings. The van der Waals surface area contributed by atoms with Gasteiger partial charge in [0.1, 0.15) is 5.82 Å². The largest absolute Gasteiger partial charge is 0.315 e. The van der Waals surface area contributed by atoms with Gasteiger partial charge in [-0.15, -0.1) is 0 Å². The quantitative estimate of drug-likeness (QED) is 0.891. The number of hydrogen-bond acceptors (Lipinski definition) is 2. The lowest BCUT2D eigenvalue weighted by atomic mass is 10.1. The zero-order valence-corrected chi connectivity index (χ0v) is 10.8. The smallest absolute Gasteiger partial charge is 0.125 e. The normalized spacial score (nSPS) is 20.1. The van der Waals surface area contributed by atoms with Crippen LogP contribution in [0.1, 0.15) is 18.9 Å². The van der Waals surface area contributed by atoms with Crippen LogP contribution in [0.2, 0.25) is 5.02 Å². The summed E-state index contributed by atoms with van der Waals surface area (Å²) in [4.78, 5) is 2.37. The average molecular weight is 257 g/mol. The first kappa shape index (κ1) is 12.8. The Balaban J connectivity index is 2.06. The second-order valence-electron chi connectivity index (χ2n) is 4.49. The van der Waals surface area contributed by atoms with Gasteiger partial charge < -0.3 is 5.32 Å². The van der Waals surface area contributed by atoms with Gasteiger partial charge in [0, 0.05) is 24.2 Å². The molecule has 0 saturated carbocycles. The first-order valence-corrected chi connectivity index (χ1v) is 6.46. The molecule has 2 nitrogen and oxygen atoms in total. The lowest BCUT2D eigenvalue weighted by molar-refractivity contribution is 0.210. The maximum absolute atomic E-state index is 13.2. The molecule has 1 fully saturated rings. The van der Waals surface area contributed by atoms with Crippen molar-refractivity contribution in [2.75, 3.05) is 19.6 Å². The molecular formula is C13H18ClFN2. The Bertz CT molecular complexity index is 357. The van der Waals surface area contributed by atoms with Gasteiger partial charge in [0.15, 0.2) is 0 Å². The van der Waals surface area contributed by atoms with Crippen molar-refractivity contribution in [1.82, 2.24) is 10.2 Å². The average Bonchev–Trinajstić information content (AvgIpc) is 2.77. The van der Waals surface area contributed by atoms with Crippen molar-refractivity contribution in [2.45, 2.75) is 25.9 Å². The summed E-state index contributed by atoms with van der Waals surface area (Å²) in [7, 11) is 0. The van der Waals surface area contributed by atoms with Crippen LogP contribution in [0.5, 0.6) is 0 Å². The van der Waals surface area contributed by atoms with Crippen LogP contribution in [0.4, 0.5) is 4.39 Å². The van der Waals surface area contributed by atoms with Crippen molar-refractivity contribution >= 4 is 11.6 Å². The van der Waals surface area contributed by atoms with Crippen molar-refractivity contribution in [3.05, 3.63) is 34.6 Å². The highest BCUT2D eigenvalue weighted by molar-refractivity contribution is 6.30. The van der Waals surface area contributed by atoms with Crippen molar-refractivity contribution in [3.8, 4) is 0 Å². The molecular weight excluding hydrogens is 239 g/mol. The van der Waals surface area contributed by atoms with Crippen molar-refractivity contribution in [1.29, 1.82) is 0 Å². The maximum Gasteiger partial charge on any atom is 0.125 e. The van der Waals surface area contributed by atoms with Gasteiger partial charge in [0.25, 0.3) is 0 Å². The highest BCUT2D eigenvalue weighted by atomic mass is 35.5. The number of rotatable bonds is 4. The number of benzene rings is 1. The van der Waals surface area contributed by atoms with Gasteiger partial charge in [0.05, 0.1) is 0 Å². The fourth-order valence-corrected chi connectivity index (χ4v) is 2.63. The van der Waals surface area contributed by atoms with Crippen LogP contribution >= 0.6 is 11.6 Å². The van der Waals surface area contributed by atoms with Crippen LogP contribution in [-0.2, 0) is 6.54 Å². The standard InChI is InChI=1S/C13H18ClFN2/c1-2-17(13-3-4-16-8-13)9-10-5-11(14)7-12(15)6-10/h5-7,13,16H,2-4,8-9H2,1H3. The van der Waals surface area contributed by atoms with E-state index in [4.69, 9.17) is 11.6 Å². The number of hydrogen-bond donors (Lipinski definition) is 1. The van der Waals surface area contributed by atoms with Crippen LogP contribution in [0.3, 0.4) is 0 Å². The van der Waals surface area contributed by atoms with E-state index >= 15 is 0 Å². The first-order valence-electron chi connectivity index (χ1n) is 6.08. The van der Waals surface area contributed by atoms with E-state index in [0.29, 0.717) is 11.1 Å². The summed E-state index contributed by atoms with van der Waals surface area (Å²) >= 11 is 5.87. The van der Waals surface area contributed by atoms with Crippen LogP contribution in [0.15, 0.2) is 18.2 Å². The molecule has 2 rings (SSSR count). The highest BCUT2D eigenvalue weighted by Crippen LogP contribution is 2.18. The number of nitrogens with one attached hydrogen (secondary N) is 1. The Morgan fingerprint density at radius 1 is 1.47 bits per heavy atom. The third kappa shape index (κ3) is 3.41. The summed E-state index contributed by atoms with van der Waals surface area (Å²) in [6.45, 7) is 5.97. The van der Waals surface area contributed by atoms with Crippen molar-refractivity contribution in [3.63, 3.8) is 0 Å². The molecule has 0 bridgehead atoms. The number of halogens is 2. The Morgan fingerprint density at radius 2 is 2.29 bits per heavy atom. The monoisotopic (exact) mass is 256 g/mol. The van der Waals surface area contributed by atoms with E-state index in [1.54, 1.807) is 6.07 Å². The Hall–Kier alpha value is -0.640. The molecule has 1 aliphatic rings. The van der Waals surface area contributed by atoms with E-state index in [2.05, 4.69) is 17.1 Å². The fourth-order valence-electron chi connectivity index (χ4n) is 2.39. The molecule has 1 N–H and O–H groups in total. The van der Waals surface area contributed by atoms with Gasteiger partial charge in [-0.1, -0.05) is 18.5 Å². The molecule has 0 aromatic heterocycles. The van der Waals surface area contributed by atoms with E-state index < -0.39 is 0 Å². The topological polar surface area (TPSA) is 15.3 Å². The second kappa shape index (κ2) is 5.80. The molecule has 1 aliphatic heterocycles. The maximum atomic E-state index is 13.2. The lowest BCUT2D eigenvalue weighted by Gasteiger charge is -2.27. The summed E-state index contributed by atoms with van der Waals surface area (Å²) in [6, 6.07) is 5.31. The lowest BCUT2D eigenvalue weighted by Crippen LogP contribution is -2.36. The summed E-state index contributed by atoms with van der Waals surface area (Å²) < 4.78 is 13.2. The summed E-state index contributed by atoms with van der Waals surface area (Å²) in [5.41, 5.74) is 0.948. The van der Waals surface area contributed by atoms with E-state index in [-0.39, 0.29) is 5.82 Å². The van der Waals surface area contributed by atoms with Gasteiger partial charge in [-0.2, -0.15) is 0 Å². The Morgan fingerprint density at radius 3 is 2.88 bits per heavy atom. The highest BCUT2D eigenvalue weighted by Gasteiger charge is 2.21. The van der Waals surface area contributed by atoms with Gasteiger partial charge in [-0.3, -0.25) is 4.90 Å². The second-order valence-corrected chi connectivity index (χ2v) is 4.92. The van der Waals surface area contributed by atoms with Gasteiger partial charge in [-0.25, -0.2) is 4.39 Å². The van der Waals surface area contributed by atoms with E-state index in [1.165, 1.54) is 6.07 Å². The minimum absolute atomic E-state index is 0.256. The van der Waals surface area contributed by atoms with Crippen LogP contribution in [-0.4, -0.2) is 30.6 Å². The van der Waals surface area contributed by atoms with Crippen LogP contribution < -0.4 is 5.32 Å². The Labute approximate surface area is 107 Å². The molecule has 0 amide bonds. The molecule has 0 aliphatic carbocycles. The SMILES string of the molecule is CCN(Cc1cc(F)cc(Cl)c1)C1CCNC1. The molecule has 1 atom stereocenters. The van der Waals surface area contributed by atoms with Gasteiger partial charge in [-0.05, 0) is 43.3 Å². The first-order chi connectivity index (χ1) is 8.19. The molecule has 1 heterocycles. The summed E-state index contributed by atoms with van der Waals surface area (Å²) in [5, 5.41) is 3.83. The van der Waals surface area contributed by atoms with E-state index in [0.717, 1.165) is 38.2 Å². The molecule has 17 heavy (non-hydrogen) atoms. The van der Waals surface area contributed by atoms with Gasteiger partial charge in [0.2, 0.25) is 0 Å². The number of nitrogens with zero attached hydrogens (tertiary/aromatic N) is 1. The molecule has 0 spiro atoms. The fraction of sp³-hybridized carbons (Fsp3) is 0.538. The molecule has 1 aromatic carbocycles. The summed E-state index contributed by atoms with van der Waals surface area (Å²) in [6.07, 6.45) is 1.16. The minimum Gasteiger partial charge on any atom is -0.315 e. The molecule has 1 unspecified atom stereocenters. The van der Waals surface area contributed by atoms with Crippen LogP contribution in [0.25, 0.3) is 0 Å². The zero-order valence-electron chi connectivity index (χ0n) is 10.0. The summed E-state index contributed by atoms with van der Waals surface area (Å²) in [5.74, 6) is -0.256. The van der Waals surface area contributed by atoms with Crippen molar-refractivity contribution < 1.29 is 4.39 Å². The van der Waals surface area contributed by atoms with Crippen LogP contribution in [0, 0.1) is 5.82 Å². The van der Waals surface area contributed by atoms with E-state index in [1.807, 2.05) is 6.07 Å².